The minimum absolute atomic E-state index is 0.149. The number of aliphatic carboxylic acids is 1. The van der Waals surface area contributed by atoms with Gasteiger partial charge in [-0.15, -0.1) is 0 Å². The zero-order valence-electron chi connectivity index (χ0n) is 10.9. The smallest absolute Gasteiger partial charge is 0.307 e. The highest BCUT2D eigenvalue weighted by Gasteiger charge is 2.48. The van der Waals surface area contributed by atoms with Crippen LogP contribution >= 0.6 is 0 Å². The molecule has 2 unspecified atom stereocenters. The van der Waals surface area contributed by atoms with Gasteiger partial charge in [0.25, 0.3) is 0 Å². The molecule has 1 N–H and O–H groups in total. The van der Waals surface area contributed by atoms with Gasteiger partial charge in [-0.05, 0) is 25.5 Å². The van der Waals surface area contributed by atoms with E-state index in [2.05, 4.69) is 10.1 Å². The van der Waals surface area contributed by atoms with Crippen molar-refractivity contribution in [2.24, 2.45) is 5.92 Å². The van der Waals surface area contributed by atoms with E-state index in [1.165, 1.54) is 0 Å². The summed E-state index contributed by atoms with van der Waals surface area (Å²) in [6.07, 6.45) is 0.565. The van der Waals surface area contributed by atoms with Gasteiger partial charge in [-0.3, -0.25) is 4.79 Å². The van der Waals surface area contributed by atoms with Crippen LogP contribution in [0, 0.1) is 5.92 Å². The van der Waals surface area contributed by atoms with E-state index in [4.69, 9.17) is 14.4 Å². The Bertz CT molecular complexity index is 638. The van der Waals surface area contributed by atoms with E-state index >= 15 is 0 Å². The Labute approximate surface area is 115 Å². The Hall–Kier alpha value is -2.37. The van der Waals surface area contributed by atoms with Gasteiger partial charge < -0.3 is 14.4 Å². The summed E-state index contributed by atoms with van der Waals surface area (Å²) in [5.74, 6) is 0.243. The maximum absolute atomic E-state index is 10.8. The van der Waals surface area contributed by atoms with Crippen LogP contribution in [0.15, 0.2) is 28.8 Å². The molecule has 1 saturated carbocycles. The lowest BCUT2D eigenvalue weighted by Gasteiger charge is -2.02. The number of carbonyl (C=O) groups is 1. The predicted molar refractivity (Wildman–Crippen MR) is 69.4 cm³/mol. The first-order valence-electron chi connectivity index (χ1n) is 6.48. The second-order valence-electron chi connectivity index (χ2n) is 4.70. The van der Waals surface area contributed by atoms with E-state index in [0.29, 0.717) is 24.7 Å². The number of nitrogens with zero attached hydrogens (tertiary/aromatic N) is 2. The summed E-state index contributed by atoms with van der Waals surface area (Å²) in [5, 5.41) is 12.8. The Morgan fingerprint density at radius 1 is 1.55 bits per heavy atom. The summed E-state index contributed by atoms with van der Waals surface area (Å²) < 4.78 is 10.6. The van der Waals surface area contributed by atoms with Crippen molar-refractivity contribution < 1.29 is 19.2 Å². The van der Waals surface area contributed by atoms with Crippen molar-refractivity contribution in [2.45, 2.75) is 19.3 Å². The molecule has 1 heterocycles. The van der Waals surface area contributed by atoms with Crippen molar-refractivity contribution in [2.75, 3.05) is 6.61 Å². The molecule has 1 aromatic carbocycles. The Balaban J connectivity index is 1.80. The summed E-state index contributed by atoms with van der Waals surface area (Å²) in [4.78, 5) is 15.1. The Morgan fingerprint density at radius 2 is 2.40 bits per heavy atom. The third kappa shape index (κ3) is 2.36. The van der Waals surface area contributed by atoms with Crippen LogP contribution in [-0.2, 0) is 4.79 Å². The van der Waals surface area contributed by atoms with Gasteiger partial charge in [0.05, 0.1) is 18.4 Å². The number of carboxylic acids is 1. The molecule has 6 heteroatoms. The SMILES string of the molecule is CCOc1cccc(-c2noc(C3CC3C(=O)O)n2)c1. The monoisotopic (exact) mass is 274 g/mol. The maximum atomic E-state index is 10.8. The quantitative estimate of drug-likeness (QED) is 0.900. The van der Waals surface area contributed by atoms with Crippen molar-refractivity contribution in [3.63, 3.8) is 0 Å². The molecular formula is C14H14N2O4. The van der Waals surface area contributed by atoms with Gasteiger partial charge in [-0.1, -0.05) is 17.3 Å². The lowest BCUT2D eigenvalue weighted by atomic mass is 10.2. The lowest BCUT2D eigenvalue weighted by molar-refractivity contribution is -0.138. The Kier molecular flexibility index (Phi) is 3.14. The molecule has 0 spiro atoms. The van der Waals surface area contributed by atoms with Gasteiger partial charge in [0.15, 0.2) is 0 Å². The zero-order valence-corrected chi connectivity index (χ0v) is 10.9. The van der Waals surface area contributed by atoms with Crippen LogP contribution < -0.4 is 4.74 Å². The fourth-order valence-electron chi connectivity index (χ4n) is 2.14. The first kappa shape index (κ1) is 12.7. The van der Waals surface area contributed by atoms with E-state index in [1.807, 2.05) is 31.2 Å². The third-order valence-corrected chi connectivity index (χ3v) is 3.27. The molecule has 20 heavy (non-hydrogen) atoms. The predicted octanol–water partition coefficient (Wildman–Crippen LogP) is 2.32. The largest absolute Gasteiger partial charge is 0.494 e. The second-order valence-corrected chi connectivity index (χ2v) is 4.70. The molecule has 0 saturated heterocycles. The number of benzene rings is 1. The van der Waals surface area contributed by atoms with Gasteiger partial charge in [0.1, 0.15) is 5.75 Å². The van der Waals surface area contributed by atoms with E-state index < -0.39 is 11.9 Å². The van der Waals surface area contributed by atoms with Gasteiger partial charge in [-0.25, -0.2) is 0 Å². The summed E-state index contributed by atoms with van der Waals surface area (Å²) >= 11 is 0. The molecule has 6 nitrogen and oxygen atoms in total. The lowest BCUT2D eigenvalue weighted by Crippen LogP contribution is -1.98. The second kappa shape index (κ2) is 4.96. The van der Waals surface area contributed by atoms with E-state index in [9.17, 15) is 4.79 Å². The van der Waals surface area contributed by atoms with Crippen molar-refractivity contribution in [1.29, 1.82) is 0 Å². The highest BCUT2D eigenvalue weighted by atomic mass is 16.5. The highest BCUT2D eigenvalue weighted by molar-refractivity contribution is 5.74. The van der Waals surface area contributed by atoms with Crippen molar-refractivity contribution >= 4 is 5.97 Å². The summed E-state index contributed by atoms with van der Waals surface area (Å²) in [7, 11) is 0. The molecule has 104 valence electrons. The van der Waals surface area contributed by atoms with Crippen LogP contribution in [0.1, 0.15) is 25.2 Å². The van der Waals surface area contributed by atoms with E-state index in [1.54, 1.807) is 0 Å². The number of hydrogen-bond donors (Lipinski definition) is 1. The molecule has 0 aliphatic heterocycles. The molecule has 2 aromatic rings. The standard InChI is InChI=1S/C14H14N2O4/c1-2-19-9-5-3-4-8(6-9)12-15-13(20-16-12)10-7-11(10)14(17)18/h3-6,10-11H,2,7H2,1H3,(H,17,18). The maximum Gasteiger partial charge on any atom is 0.307 e. The fourth-order valence-corrected chi connectivity index (χ4v) is 2.14. The van der Waals surface area contributed by atoms with Crippen molar-refractivity contribution in [1.82, 2.24) is 10.1 Å². The van der Waals surface area contributed by atoms with Crippen molar-refractivity contribution in [3.8, 4) is 17.1 Å². The molecule has 0 amide bonds. The van der Waals surface area contributed by atoms with Crippen molar-refractivity contribution in [3.05, 3.63) is 30.2 Å². The van der Waals surface area contributed by atoms with E-state index in [0.717, 1.165) is 11.3 Å². The first-order valence-corrected chi connectivity index (χ1v) is 6.48. The summed E-state index contributed by atoms with van der Waals surface area (Å²) in [6, 6.07) is 7.40. The normalized spacial score (nSPS) is 20.6. The van der Waals surface area contributed by atoms with Crippen LogP contribution in [0.25, 0.3) is 11.4 Å². The van der Waals surface area contributed by atoms with Crippen LogP contribution in [-0.4, -0.2) is 27.8 Å². The molecule has 3 rings (SSSR count). The minimum Gasteiger partial charge on any atom is -0.494 e. The number of rotatable bonds is 5. The summed E-state index contributed by atoms with van der Waals surface area (Å²) in [5.41, 5.74) is 0.790. The minimum atomic E-state index is -0.812. The van der Waals surface area contributed by atoms with Crippen LogP contribution in [0.2, 0.25) is 0 Å². The average molecular weight is 274 g/mol. The van der Waals surface area contributed by atoms with Gasteiger partial charge >= 0.3 is 5.97 Å². The van der Waals surface area contributed by atoms with Gasteiger partial charge in [0.2, 0.25) is 11.7 Å². The number of carboxylic acid groups (broad SMARTS) is 1. The molecule has 1 aliphatic rings. The number of hydrogen-bond acceptors (Lipinski definition) is 5. The molecule has 1 fully saturated rings. The zero-order chi connectivity index (χ0) is 14.1. The number of ether oxygens (including phenoxy) is 1. The topological polar surface area (TPSA) is 85.5 Å². The summed E-state index contributed by atoms with van der Waals surface area (Å²) in [6.45, 7) is 2.50. The number of aromatic nitrogens is 2. The molecule has 0 radical (unpaired) electrons. The van der Waals surface area contributed by atoms with Gasteiger partial charge in [-0.2, -0.15) is 4.98 Å². The average Bonchev–Trinajstić information content (AvgIpc) is 3.10. The molecule has 1 aliphatic carbocycles. The highest BCUT2D eigenvalue weighted by Crippen LogP contribution is 2.47. The van der Waals surface area contributed by atoms with E-state index in [-0.39, 0.29) is 5.92 Å². The van der Waals surface area contributed by atoms with Crippen LogP contribution in [0.3, 0.4) is 0 Å². The Morgan fingerprint density at radius 3 is 3.10 bits per heavy atom. The van der Waals surface area contributed by atoms with Crippen LogP contribution in [0.5, 0.6) is 5.75 Å². The van der Waals surface area contributed by atoms with Crippen LogP contribution in [0.4, 0.5) is 0 Å². The fraction of sp³-hybridized carbons (Fsp3) is 0.357. The molecule has 2 atom stereocenters. The third-order valence-electron chi connectivity index (χ3n) is 3.27. The molecule has 1 aromatic heterocycles. The molecular weight excluding hydrogens is 260 g/mol. The van der Waals surface area contributed by atoms with Gasteiger partial charge in [0, 0.05) is 5.56 Å². The molecule has 0 bridgehead atoms. The first-order chi connectivity index (χ1) is 9.69.